The van der Waals surface area contributed by atoms with Gasteiger partial charge >= 0.3 is 11.9 Å². The van der Waals surface area contributed by atoms with E-state index in [4.69, 9.17) is 18.5 Å². The van der Waals surface area contributed by atoms with Crippen molar-refractivity contribution in [1.82, 2.24) is 0 Å². The number of quaternary nitrogens is 1. The normalized spacial score (nSPS) is 19.1. The molecule has 1 unspecified atom stereocenters. The van der Waals surface area contributed by atoms with Gasteiger partial charge in [0.25, 0.3) is 7.82 Å². The Bertz CT molecular complexity index is 1250. The summed E-state index contributed by atoms with van der Waals surface area (Å²) in [5, 5.41) is 20.8. The van der Waals surface area contributed by atoms with Gasteiger partial charge in [-0.1, -0.05) is 141 Å². The summed E-state index contributed by atoms with van der Waals surface area (Å²) in [7, 11) is 1.02. The van der Waals surface area contributed by atoms with Gasteiger partial charge in [-0.2, -0.15) is 0 Å². The lowest BCUT2D eigenvalue weighted by atomic mass is 9.88. The maximum absolute atomic E-state index is 12.8. The molecule has 0 spiro atoms. The number of ether oxygens (including phenoxy) is 2. The zero-order valence-corrected chi connectivity index (χ0v) is 40.0. The van der Waals surface area contributed by atoms with Gasteiger partial charge in [0.2, 0.25) is 0 Å². The number of phosphoric acid groups is 1. The van der Waals surface area contributed by atoms with Crippen LogP contribution in [0.3, 0.4) is 0 Å². The highest BCUT2D eigenvalue weighted by molar-refractivity contribution is 7.45. The summed E-state index contributed by atoms with van der Waals surface area (Å²) in [6.45, 7) is 3.85. The lowest BCUT2D eigenvalue weighted by molar-refractivity contribution is -0.870. The number of hydrogen-bond acceptors (Lipinski definition) is 11. The molecule has 356 valence electrons. The van der Waals surface area contributed by atoms with Crippen molar-refractivity contribution in [2.24, 2.45) is 11.8 Å². The molecule has 1 saturated carbocycles. The Morgan fingerprint density at radius 3 is 1.92 bits per heavy atom. The van der Waals surface area contributed by atoms with Crippen molar-refractivity contribution < 1.29 is 57.1 Å². The van der Waals surface area contributed by atoms with Gasteiger partial charge in [0.15, 0.2) is 6.10 Å². The quantitative estimate of drug-likeness (QED) is 0.0198. The first-order valence-corrected chi connectivity index (χ1v) is 25.6. The molecule has 0 aliphatic heterocycles. The fourth-order valence-corrected chi connectivity index (χ4v) is 8.22. The number of ketones is 1. The number of unbranched alkanes of at least 4 members (excludes halogenated alkanes) is 18. The number of likely N-dealkylation sites (N-methyl/N-ethyl adjacent to an activating group) is 1. The van der Waals surface area contributed by atoms with Gasteiger partial charge in [-0.25, -0.2) is 0 Å². The molecule has 1 aliphatic rings. The maximum Gasteiger partial charge on any atom is 0.306 e. The molecule has 6 atom stereocenters. The number of aliphatic hydroxyl groups is 2. The summed E-state index contributed by atoms with van der Waals surface area (Å²) >= 11 is 0. The van der Waals surface area contributed by atoms with E-state index in [2.05, 4.69) is 26.0 Å². The molecule has 0 aromatic carbocycles. The van der Waals surface area contributed by atoms with Crippen LogP contribution in [0.25, 0.3) is 0 Å². The number of aliphatic hydroxyl groups excluding tert-OH is 2. The molecule has 2 N–H and O–H groups in total. The Labute approximate surface area is 370 Å². The second kappa shape index (κ2) is 35.4. The van der Waals surface area contributed by atoms with Crippen molar-refractivity contribution in [1.29, 1.82) is 0 Å². The van der Waals surface area contributed by atoms with E-state index < -0.39 is 50.6 Å². The Kier molecular flexibility index (Phi) is 33.2. The topological polar surface area (TPSA) is 169 Å². The van der Waals surface area contributed by atoms with Crippen LogP contribution in [-0.4, -0.2) is 98.2 Å². The number of phosphoric ester groups is 1. The molecule has 12 nitrogen and oxygen atoms in total. The number of esters is 2. The van der Waals surface area contributed by atoms with Gasteiger partial charge in [-0.3, -0.25) is 18.9 Å². The standard InChI is InChI=1S/C48H88NO11P/c1-6-8-10-11-12-13-14-15-16-17-18-19-20-21-22-23-28-32-47(53)57-39-42(40-59-61(55,56)58-37-36-49(3,4)5)60-48(54)33-29-25-24-27-31-43-44(46(52)38-45(43)51)35-34-41(50)30-26-9-7-2/h15-16,34-35,41-45,50-51H,6-14,17-33,36-40H2,1-5H3/b16-15-,35-34+/t41-,42+,43+,44+,45-/m0/s1. The Morgan fingerprint density at radius 2 is 1.31 bits per heavy atom. The van der Waals surface area contributed by atoms with Crippen molar-refractivity contribution in [2.45, 2.75) is 206 Å². The first-order valence-electron chi connectivity index (χ1n) is 24.1. The summed E-state index contributed by atoms with van der Waals surface area (Å²) in [5.41, 5.74) is 0. The van der Waals surface area contributed by atoms with Crippen molar-refractivity contribution in [2.75, 3.05) is 47.5 Å². The highest BCUT2D eigenvalue weighted by Gasteiger charge is 2.39. The second-order valence-corrected chi connectivity index (χ2v) is 19.7. The highest BCUT2D eigenvalue weighted by Crippen LogP contribution is 2.38. The molecular weight excluding hydrogens is 797 g/mol. The van der Waals surface area contributed by atoms with Crippen LogP contribution in [0.4, 0.5) is 0 Å². The summed E-state index contributed by atoms with van der Waals surface area (Å²) in [4.78, 5) is 50.4. The largest absolute Gasteiger partial charge is 0.756 e. The molecule has 0 aromatic rings. The molecule has 1 fully saturated rings. The van der Waals surface area contributed by atoms with E-state index in [0.717, 1.165) is 57.8 Å². The molecule has 1 rings (SSSR count). The Morgan fingerprint density at radius 1 is 0.770 bits per heavy atom. The molecular formula is C48H88NO11P. The number of Topliss-reactive ketones (excluding diaryl/α,β-unsaturated/α-hetero) is 1. The van der Waals surface area contributed by atoms with E-state index in [-0.39, 0.29) is 44.2 Å². The summed E-state index contributed by atoms with van der Waals surface area (Å²) < 4.78 is 33.9. The third-order valence-corrected chi connectivity index (χ3v) is 12.3. The van der Waals surface area contributed by atoms with Crippen LogP contribution >= 0.6 is 7.82 Å². The first-order chi connectivity index (χ1) is 29.2. The molecule has 1 aliphatic carbocycles. The molecule has 0 amide bonds. The van der Waals surface area contributed by atoms with Crippen molar-refractivity contribution in [3.8, 4) is 0 Å². The van der Waals surface area contributed by atoms with E-state index in [1.165, 1.54) is 64.2 Å². The van der Waals surface area contributed by atoms with Crippen molar-refractivity contribution >= 4 is 25.5 Å². The minimum atomic E-state index is -4.69. The third-order valence-electron chi connectivity index (χ3n) is 11.4. The number of allylic oxidation sites excluding steroid dienone is 3. The van der Waals surface area contributed by atoms with Crippen molar-refractivity contribution in [3.63, 3.8) is 0 Å². The number of carbonyl (C=O) groups excluding carboxylic acids is 3. The zero-order chi connectivity index (χ0) is 45.2. The Balaban J connectivity index is 2.43. The van der Waals surface area contributed by atoms with Crippen molar-refractivity contribution in [3.05, 3.63) is 24.3 Å². The van der Waals surface area contributed by atoms with Crippen LogP contribution in [0.15, 0.2) is 24.3 Å². The molecule has 0 bridgehead atoms. The minimum absolute atomic E-state index is 0.000682. The number of nitrogens with zero attached hydrogens (tertiary/aromatic N) is 1. The third kappa shape index (κ3) is 32.4. The monoisotopic (exact) mass is 886 g/mol. The predicted octanol–water partition coefficient (Wildman–Crippen LogP) is 9.87. The summed E-state index contributed by atoms with van der Waals surface area (Å²) in [5.74, 6) is -1.59. The van der Waals surface area contributed by atoms with E-state index >= 15 is 0 Å². The average Bonchev–Trinajstić information content (AvgIpc) is 3.47. The summed E-state index contributed by atoms with van der Waals surface area (Å²) in [6.07, 6.45) is 31.0. The van der Waals surface area contributed by atoms with Gasteiger partial charge < -0.3 is 38.1 Å². The van der Waals surface area contributed by atoms with Crippen LogP contribution < -0.4 is 4.89 Å². The van der Waals surface area contributed by atoms with E-state index in [0.29, 0.717) is 43.1 Å². The van der Waals surface area contributed by atoms with E-state index in [1.54, 1.807) is 12.2 Å². The fourth-order valence-electron chi connectivity index (χ4n) is 7.50. The SMILES string of the molecule is CCCCCCCC/C=C\CCCCCCCCCC(=O)OC[C@H](COP(=O)([O-])OCC[N+](C)(C)C)OC(=O)CCCCCC[C@H]1[C@@H](O)CC(=O)[C@@H]1/C=C/[C@@H](O)CCCCC. The smallest absolute Gasteiger partial charge is 0.306 e. The molecule has 0 heterocycles. The second-order valence-electron chi connectivity index (χ2n) is 18.3. The van der Waals surface area contributed by atoms with Crippen LogP contribution in [0.2, 0.25) is 0 Å². The Hall–Kier alpha value is -1.92. The van der Waals surface area contributed by atoms with Gasteiger partial charge in [0.05, 0.1) is 40.0 Å². The van der Waals surface area contributed by atoms with Gasteiger partial charge in [-0.15, -0.1) is 0 Å². The van der Waals surface area contributed by atoms with E-state index in [9.17, 15) is 34.1 Å². The lowest BCUT2D eigenvalue weighted by Crippen LogP contribution is -2.37. The van der Waals surface area contributed by atoms with Gasteiger partial charge in [-0.05, 0) is 57.3 Å². The van der Waals surface area contributed by atoms with Crippen LogP contribution in [0, 0.1) is 11.8 Å². The molecule has 0 aromatic heterocycles. The fraction of sp³-hybridized carbons (Fsp3) is 0.854. The predicted molar refractivity (Wildman–Crippen MR) is 242 cm³/mol. The molecule has 61 heavy (non-hydrogen) atoms. The van der Waals surface area contributed by atoms with Crippen LogP contribution in [0.5, 0.6) is 0 Å². The van der Waals surface area contributed by atoms with Gasteiger partial charge in [0.1, 0.15) is 25.5 Å². The molecule has 13 heteroatoms. The maximum atomic E-state index is 12.8. The summed E-state index contributed by atoms with van der Waals surface area (Å²) in [6, 6.07) is 0. The molecule has 0 radical (unpaired) electrons. The highest BCUT2D eigenvalue weighted by atomic mass is 31.2. The lowest BCUT2D eigenvalue weighted by Gasteiger charge is -2.28. The van der Waals surface area contributed by atoms with E-state index in [1.807, 2.05) is 21.1 Å². The van der Waals surface area contributed by atoms with Gasteiger partial charge in [0, 0.05) is 25.2 Å². The molecule has 0 saturated heterocycles. The van der Waals surface area contributed by atoms with Crippen LogP contribution in [0.1, 0.15) is 187 Å². The minimum Gasteiger partial charge on any atom is -0.756 e. The zero-order valence-electron chi connectivity index (χ0n) is 39.1. The number of carbonyl (C=O) groups is 3. The first kappa shape index (κ1) is 57.1. The number of hydrogen-bond donors (Lipinski definition) is 2. The van der Waals surface area contributed by atoms with Crippen LogP contribution in [-0.2, 0) is 37.5 Å². The average molecular weight is 886 g/mol. The number of rotatable bonds is 40.